The van der Waals surface area contributed by atoms with Crippen molar-refractivity contribution in [1.29, 1.82) is 0 Å². The van der Waals surface area contributed by atoms with Crippen molar-refractivity contribution in [2.45, 2.75) is 6.54 Å². The maximum atomic E-state index is 13.0. The van der Waals surface area contributed by atoms with Crippen molar-refractivity contribution < 1.29 is 9.53 Å². The molecule has 30 heavy (non-hydrogen) atoms. The predicted molar refractivity (Wildman–Crippen MR) is 116 cm³/mol. The lowest BCUT2D eigenvalue weighted by atomic mass is 10.1. The lowest BCUT2D eigenvalue weighted by Crippen LogP contribution is -2.25. The van der Waals surface area contributed by atoms with E-state index in [1.807, 2.05) is 54.6 Å². The first kappa shape index (κ1) is 19.7. The molecule has 2 aromatic carbocycles. The topological polar surface area (TPSA) is 69.0 Å². The van der Waals surface area contributed by atoms with Gasteiger partial charge in [-0.25, -0.2) is 4.68 Å². The Morgan fingerprint density at radius 3 is 2.60 bits per heavy atom. The number of carbonyl (C=O) groups excluding carboxylic acids is 1. The quantitative estimate of drug-likeness (QED) is 0.499. The van der Waals surface area contributed by atoms with Gasteiger partial charge in [-0.2, -0.15) is 5.10 Å². The molecule has 150 valence electrons. The first-order valence-electron chi connectivity index (χ1n) is 9.32. The molecule has 0 bridgehead atoms. The summed E-state index contributed by atoms with van der Waals surface area (Å²) in [4.78, 5) is 17.1. The molecule has 0 saturated heterocycles. The molecule has 2 aromatic heterocycles. The third-order valence-electron chi connectivity index (χ3n) is 4.58. The number of nitrogens with one attached hydrogen (secondary N) is 1. The Balaban J connectivity index is 1.71. The van der Waals surface area contributed by atoms with Crippen molar-refractivity contribution in [3.63, 3.8) is 0 Å². The van der Waals surface area contributed by atoms with Crippen LogP contribution in [-0.2, 0) is 6.54 Å². The highest BCUT2D eigenvalue weighted by molar-refractivity contribution is 6.33. The van der Waals surface area contributed by atoms with Gasteiger partial charge in [0.05, 0.1) is 23.5 Å². The van der Waals surface area contributed by atoms with E-state index in [1.54, 1.807) is 36.3 Å². The Kier molecular flexibility index (Phi) is 5.77. The fourth-order valence-electron chi connectivity index (χ4n) is 3.04. The molecule has 2 heterocycles. The number of methoxy groups -OCH3 is 1. The van der Waals surface area contributed by atoms with Gasteiger partial charge in [0.15, 0.2) is 0 Å². The number of hydrogen-bond donors (Lipinski definition) is 1. The minimum Gasteiger partial charge on any atom is -0.497 e. The molecule has 4 rings (SSSR count). The summed E-state index contributed by atoms with van der Waals surface area (Å²) in [7, 11) is 1.61. The van der Waals surface area contributed by atoms with Crippen LogP contribution in [0.5, 0.6) is 5.75 Å². The second-order valence-corrected chi connectivity index (χ2v) is 6.96. The second kappa shape index (κ2) is 8.80. The molecule has 6 nitrogen and oxygen atoms in total. The van der Waals surface area contributed by atoms with E-state index < -0.39 is 0 Å². The number of aromatic nitrogens is 3. The summed E-state index contributed by atoms with van der Waals surface area (Å²) in [5.74, 6) is 0.472. The summed E-state index contributed by atoms with van der Waals surface area (Å²) < 4.78 is 6.84. The highest BCUT2D eigenvalue weighted by Crippen LogP contribution is 2.28. The zero-order valence-electron chi connectivity index (χ0n) is 16.2. The molecule has 0 spiro atoms. The molecule has 0 radical (unpaired) electrons. The van der Waals surface area contributed by atoms with Crippen LogP contribution in [0.25, 0.3) is 16.9 Å². The van der Waals surface area contributed by atoms with Gasteiger partial charge in [0.1, 0.15) is 11.4 Å². The van der Waals surface area contributed by atoms with Crippen molar-refractivity contribution >= 4 is 17.5 Å². The number of benzene rings is 2. The second-order valence-electron chi connectivity index (χ2n) is 6.55. The molecule has 7 heteroatoms. The van der Waals surface area contributed by atoms with Gasteiger partial charge in [-0.15, -0.1) is 0 Å². The molecule has 0 aliphatic carbocycles. The SMILES string of the molecule is COc1ccc(-n2nc(-c3ccccc3Cl)cc2C(=O)NCc2cccnc2)cc1. The first-order chi connectivity index (χ1) is 14.7. The van der Waals surface area contributed by atoms with Gasteiger partial charge >= 0.3 is 0 Å². The van der Waals surface area contributed by atoms with E-state index in [-0.39, 0.29) is 5.91 Å². The minimum atomic E-state index is -0.250. The number of nitrogens with zero attached hydrogens (tertiary/aromatic N) is 3. The zero-order chi connectivity index (χ0) is 20.9. The van der Waals surface area contributed by atoms with Crippen molar-refractivity contribution in [2.24, 2.45) is 0 Å². The molecule has 0 atom stereocenters. The van der Waals surface area contributed by atoms with E-state index >= 15 is 0 Å². The average molecular weight is 419 g/mol. The molecule has 0 aliphatic rings. The molecule has 4 aromatic rings. The summed E-state index contributed by atoms with van der Waals surface area (Å²) in [5.41, 5.74) is 3.42. The van der Waals surface area contributed by atoms with Crippen LogP contribution in [-0.4, -0.2) is 27.8 Å². The lowest BCUT2D eigenvalue weighted by Gasteiger charge is -2.09. The molecule has 0 aliphatic heterocycles. The van der Waals surface area contributed by atoms with Crippen LogP contribution in [0.2, 0.25) is 5.02 Å². The van der Waals surface area contributed by atoms with Crippen molar-refractivity contribution in [1.82, 2.24) is 20.1 Å². The van der Waals surface area contributed by atoms with E-state index in [0.29, 0.717) is 23.0 Å². The van der Waals surface area contributed by atoms with Gasteiger partial charge in [0, 0.05) is 24.5 Å². The predicted octanol–water partition coefficient (Wildman–Crippen LogP) is 4.53. The number of pyridine rings is 1. The van der Waals surface area contributed by atoms with Crippen LogP contribution < -0.4 is 10.1 Å². The molecular weight excluding hydrogens is 400 g/mol. The summed E-state index contributed by atoms with van der Waals surface area (Å²) in [6.45, 7) is 0.363. The monoisotopic (exact) mass is 418 g/mol. The summed E-state index contributed by atoms with van der Waals surface area (Å²) in [6, 6.07) is 20.2. The summed E-state index contributed by atoms with van der Waals surface area (Å²) >= 11 is 6.35. The van der Waals surface area contributed by atoms with Crippen molar-refractivity contribution in [2.75, 3.05) is 7.11 Å². The van der Waals surface area contributed by atoms with E-state index in [4.69, 9.17) is 16.3 Å². The van der Waals surface area contributed by atoms with Gasteiger partial charge < -0.3 is 10.1 Å². The van der Waals surface area contributed by atoms with Crippen LogP contribution in [0.4, 0.5) is 0 Å². The number of halogens is 1. The fourth-order valence-corrected chi connectivity index (χ4v) is 3.27. The van der Waals surface area contributed by atoms with Gasteiger partial charge in [-0.3, -0.25) is 9.78 Å². The third-order valence-corrected chi connectivity index (χ3v) is 4.91. The van der Waals surface area contributed by atoms with Crippen LogP contribution in [0, 0.1) is 0 Å². The van der Waals surface area contributed by atoms with Gasteiger partial charge in [-0.1, -0.05) is 35.9 Å². The molecule has 0 saturated carbocycles. The summed E-state index contributed by atoms with van der Waals surface area (Å²) in [6.07, 6.45) is 3.41. The van der Waals surface area contributed by atoms with Crippen molar-refractivity contribution in [3.05, 3.63) is 95.4 Å². The number of carbonyl (C=O) groups is 1. The fraction of sp³-hybridized carbons (Fsp3) is 0.0870. The van der Waals surface area contributed by atoms with Crippen LogP contribution in [0.15, 0.2) is 79.1 Å². The van der Waals surface area contributed by atoms with Crippen LogP contribution in [0.3, 0.4) is 0 Å². The van der Waals surface area contributed by atoms with E-state index in [9.17, 15) is 4.79 Å². The number of hydrogen-bond acceptors (Lipinski definition) is 4. The maximum absolute atomic E-state index is 13.0. The Hall–Kier alpha value is -3.64. The van der Waals surface area contributed by atoms with Gasteiger partial charge in [0.2, 0.25) is 0 Å². The van der Waals surface area contributed by atoms with Crippen LogP contribution in [0.1, 0.15) is 16.1 Å². The number of rotatable bonds is 6. The van der Waals surface area contributed by atoms with Gasteiger partial charge in [0.25, 0.3) is 5.91 Å². The maximum Gasteiger partial charge on any atom is 0.270 e. The molecule has 0 unspecified atom stereocenters. The van der Waals surface area contributed by atoms with E-state index in [1.165, 1.54) is 0 Å². The van der Waals surface area contributed by atoms with E-state index in [2.05, 4.69) is 15.4 Å². The Morgan fingerprint density at radius 2 is 1.90 bits per heavy atom. The Morgan fingerprint density at radius 1 is 1.10 bits per heavy atom. The standard InChI is InChI=1S/C23H19ClN4O2/c1-30-18-10-8-17(9-11-18)28-22(23(29)26-15-16-5-4-12-25-14-16)13-21(27-28)19-6-2-3-7-20(19)24/h2-14H,15H2,1H3,(H,26,29). The summed E-state index contributed by atoms with van der Waals surface area (Å²) in [5, 5.41) is 8.16. The normalized spacial score (nSPS) is 10.6. The zero-order valence-corrected chi connectivity index (χ0v) is 17.0. The molecule has 1 amide bonds. The Bertz CT molecular complexity index is 1160. The highest BCUT2D eigenvalue weighted by Gasteiger charge is 2.18. The number of amides is 1. The van der Waals surface area contributed by atoms with E-state index in [0.717, 1.165) is 22.6 Å². The van der Waals surface area contributed by atoms with Crippen molar-refractivity contribution in [3.8, 4) is 22.7 Å². The average Bonchev–Trinajstić information content (AvgIpc) is 3.24. The first-order valence-corrected chi connectivity index (χ1v) is 9.70. The lowest BCUT2D eigenvalue weighted by molar-refractivity contribution is 0.0943. The smallest absolute Gasteiger partial charge is 0.270 e. The Labute approximate surface area is 179 Å². The molecular formula is C23H19ClN4O2. The molecule has 1 N–H and O–H groups in total. The number of ether oxygens (including phenoxy) is 1. The largest absolute Gasteiger partial charge is 0.497 e. The van der Waals surface area contributed by atoms with Crippen LogP contribution >= 0.6 is 11.6 Å². The highest BCUT2D eigenvalue weighted by atomic mass is 35.5. The molecule has 0 fully saturated rings. The minimum absolute atomic E-state index is 0.250. The van der Waals surface area contributed by atoms with Gasteiger partial charge in [-0.05, 0) is 48.0 Å². The third kappa shape index (κ3) is 4.18.